The lowest BCUT2D eigenvalue weighted by Gasteiger charge is -2.03. The first-order chi connectivity index (χ1) is 7.91. The number of benzene rings is 1. The predicted molar refractivity (Wildman–Crippen MR) is 54.0 cm³/mol. The Morgan fingerprint density at radius 1 is 1.18 bits per heavy atom. The summed E-state index contributed by atoms with van der Waals surface area (Å²) in [6.07, 6.45) is -4.67. The van der Waals surface area contributed by atoms with E-state index in [1.165, 1.54) is 18.2 Å². The van der Waals surface area contributed by atoms with Crippen LogP contribution in [0.25, 0.3) is 11.3 Å². The van der Waals surface area contributed by atoms with Gasteiger partial charge in [-0.2, -0.15) is 18.3 Å². The number of hydrogen-bond donors (Lipinski definition) is 1. The summed E-state index contributed by atoms with van der Waals surface area (Å²) in [5.74, 6) is -0.674. The monoisotopic (exact) mass is 264 g/mol. The van der Waals surface area contributed by atoms with Crippen molar-refractivity contribution in [2.45, 2.75) is 6.18 Å². The average Bonchev–Trinajstić information content (AvgIpc) is 2.60. The molecule has 0 aliphatic rings. The largest absolute Gasteiger partial charge is 0.436 e. The van der Waals surface area contributed by atoms with Gasteiger partial charge in [0.2, 0.25) is 0 Å². The molecule has 2 nitrogen and oxygen atoms in total. The first-order valence-electron chi connectivity index (χ1n) is 4.47. The zero-order valence-electron chi connectivity index (χ0n) is 8.15. The topological polar surface area (TPSA) is 28.7 Å². The highest BCUT2D eigenvalue weighted by atomic mass is 35.5. The lowest BCUT2D eigenvalue weighted by molar-refractivity contribution is -0.141. The third-order valence-electron chi connectivity index (χ3n) is 2.12. The van der Waals surface area contributed by atoms with Gasteiger partial charge in [0.15, 0.2) is 5.69 Å². The van der Waals surface area contributed by atoms with Crippen LogP contribution in [0.4, 0.5) is 17.6 Å². The van der Waals surface area contributed by atoms with Crippen LogP contribution >= 0.6 is 11.6 Å². The van der Waals surface area contributed by atoms with Crippen LogP contribution in [0.1, 0.15) is 5.69 Å². The smallest absolute Gasteiger partial charge is 0.276 e. The minimum absolute atomic E-state index is 0.0551. The molecule has 0 atom stereocenters. The van der Waals surface area contributed by atoms with Crippen molar-refractivity contribution in [3.8, 4) is 11.3 Å². The van der Waals surface area contributed by atoms with E-state index in [1.807, 2.05) is 0 Å². The lowest BCUT2D eigenvalue weighted by atomic mass is 10.1. The minimum Gasteiger partial charge on any atom is -0.276 e. The van der Waals surface area contributed by atoms with Crippen LogP contribution in [0.2, 0.25) is 5.02 Å². The number of aromatic amines is 1. The fourth-order valence-electron chi connectivity index (χ4n) is 1.36. The van der Waals surface area contributed by atoms with Crippen molar-refractivity contribution in [3.63, 3.8) is 0 Å². The van der Waals surface area contributed by atoms with Gasteiger partial charge < -0.3 is 0 Å². The lowest BCUT2D eigenvalue weighted by Crippen LogP contribution is -2.05. The molecule has 7 heteroatoms. The molecule has 0 aliphatic heterocycles. The first kappa shape index (κ1) is 11.9. The number of nitrogens with one attached hydrogen (secondary N) is 1. The Bertz CT molecular complexity index is 547. The van der Waals surface area contributed by atoms with E-state index >= 15 is 0 Å². The van der Waals surface area contributed by atoms with Crippen LogP contribution < -0.4 is 0 Å². The number of H-pyrrole nitrogens is 1. The van der Waals surface area contributed by atoms with Crippen LogP contribution in [0.15, 0.2) is 24.3 Å². The number of rotatable bonds is 1. The molecule has 0 amide bonds. The van der Waals surface area contributed by atoms with Gasteiger partial charge in [-0.15, -0.1) is 0 Å². The molecule has 2 rings (SSSR count). The van der Waals surface area contributed by atoms with Gasteiger partial charge >= 0.3 is 6.18 Å². The Hall–Kier alpha value is -1.56. The Balaban J connectivity index is 2.56. The Morgan fingerprint density at radius 2 is 1.82 bits per heavy atom. The molecular formula is C10H5ClF4N2. The van der Waals surface area contributed by atoms with E-state index in [1.54, 1.807) is 0 Å². The van der Waals surface area contributed by atoms with Crippen molar-refractivity contribution in [1.82, 2.24) is 10.2 Å². The van der Waals surface area contributed by atoms with E-state index < -0.39 is 22.7 Å². The second-order valence-corrected chi connectivity index (χ2v) is 3.62. The third-order valence-corrected chi connectivity index (χ3v) is 2.49. The van der Waals surface area contributed by atoms with E-state index in [0.29, 0.717) is 0 Å². The fraction of sp³-hybridized carbons (Fsp3) is 0.100. The summed E-state index contributed by atoms with van der Waals surface area (Å²) in [4.78, 5) is 0. The highest BCUT2D eigenvalue weighted by Crippen LogP contribution is 2.38. The summed E-state index contributed by atoms with van der Waals surface area (Å²) in [5, 5.41) is 4.52. The Labute approximate surface area is 98.2 Å². The zero-order valence-corrected chi connectivity index (χ0v) is 8.90. The predicted octanol–water partition coefficient (Wildman–Crippen LogP) is 3.89. The van der Waals surface area contributed by atoms with Gasteiger partial charge in [0.1, 0.15) is 5.82 Å². The molecule has 90 valence electrons. The molecule has 0 radical (unpaired) electrons. The van der Waals surface area contributed by atoms with Crippen molar-refractivity contribution in [1.29, 1.82) is 0 Å². The van der Waals surface area contributed by atoms with Crippen LogP contribution in [-0.2, 0) is 6.18 Å². The first-order valence-corrected chi connectivity index (χ1v) is 4.85. The van der Waals surface area contributed by atoms with Crippen LogP contribution in [0.5, 0.6) is 0 Å². The van der Waals surface area contributed by atoms with Gasteiger partial charge in [-0.1, -0.05) is 23.7 Å². The molecule has 0 saturated carbocycles. The maximum Gasteiger partial charge on any atom is 0.436 e. The molecule has 0 saturated heterocycles. The molecule has 17 heavy (non-hydrogen) atoms. The van der Waals surface area contributed by atoms with E-state index in [4.69, 9.17) is 11.6 Å². The number of nitrogens with zero attached hydrogens (tertiary/aromatic N) is 1. The normalized spacial score (nSPS) is 11.8. The van der Waals surface area contributed by atoms with Gasteiger partial charge in [-0.05, 0) is 12.1 Å². The van der Waals surface area contributed by atoms with Gasteiger partial charge in [-0.25, -0.2) is 4.39 Å². The minimum atomic E-state index is -4.67. The van der Waals surface area contributed by atoms with Gasteiger partial charge in [0.25, 0.3) is 0 Å². The van der Waals surface area contributed by atoms with Crippen molar-refractivity contribution in [2.24, 2.45) is 0 Å². The Morgan fingerprint density at radius 3 is 2.35 bits per heavy atom. The summed E-state index contributed by atoms with van der Waals surface area (Å²) < 4.78 is 50.6. The van der Waals surface area contributed by atoms with Crippen LogP contribution in [-0.4, -0.2) is 10.2 Å². The van der Waals surface area contributed by atoms with Crippen molar-refractivity contribution in [2.75, 3.05) is 0 Å². The van der Waals surface area contributed by atoms with E-state index in [-0.39, 0.29) is 11.3 Å². The molecule has 0 aliphatic carbocycles. The molecule has 0 bridgehead atoms. The van der Waals surface area contributed by atoms with Crippen molar-refractivity contribution >= 4 is 11.6 Å². The van der Waals surface area contributed by atoms with Crippen LogP contribution in [0, 0.1) is 5.82 Å². The van der Waals surface area contributed by atoms with E-state index in [2.05, 4.69) is 10.2 Å². The number of aromatic nitrogens is 2. The summed E-state index contributed by atoms with van der Waals surface area (Å²) >= 11 is 5.54. The molecule has 2 aromatic rings. The highest BCUT2D eigenvalue weighted by molar-refractivity contribution is 6.33. The number of hydrogen-bond acceptors (Lipinski definition) is 1. The fourth-order valence-corrected chi connectivity index (χ4v) is 1.65. The molecule has 1 N–H and O–H groups in total. The highest BCUT2D eigenvalue weighted by Gasteiger charge is 2.38. The summed E-state index contributed by atoms with van der Waals surface area (Å²) in [6.45, 7) is 0. The van der Waals surface area contributed by atoms with Crippen LogP contribution in [0.3, 0.4) is 0 Å². The molecule has 1 aromatic heterocycles. The maximum atomic E-state index is 13.4. The molecule has 0 fully saturated rings. The van der Waals surface area contributed by atoms with Gasteiger partial charge in [0.05, 0.1) is 10.7 Å². The second-order valence-electron chi connectivity index (χ2n) is 3.24. The average molecular weight is 265 g/mol. The van der Waals surface area contributed by atoms with Gasteiger partial charge in [-0.3, -0.25) is 5.10 Å². The van der Waals surface area contributed by atoms with E-state index in [0.717, 1.165) is 6.07 Å². The maximum absolute atomic E-state index is 13.4. The molecule has 1 aromatic carbocycles. The molecule has 0 unspecified atom stereocenters. The number of halogens is 5. The zero-order chi connectivity index (χ0) is 12.6. The summed E-state index contributed by atoms with van der Waals surface area (Å²) in [6, 6.07) is 5.35. The standard InChI is InChI=1S/C10H5ClF4N2/c11-7-8(5-3-1-2-4-6(5)12)16-17-9(7)10(13,14)15/h1-4H,(H,16,17). The summed E-state index contributed by atoms with van der Waals surface area (Å²) in [5.41, 5.74) is -1.49. The number of alkyl halides is 3. The van der Waals surface area contributed by atoms with Crippen molar-refractivity contribution < 1.29 is 17.6 Å². The second kappa shape index (κ2) is 4.03. The quantitative estimate of drug-likeness (QED) is 0.778. The Kier molecular flexibility index (Phi) is 2.82. The molecule has 0 spiro atoms. The van der Waals surface area contributed by atoms with Gasteiger partial charge in [0, 0.05) is 5.56 Å². The SMILES string of the molecule is Fc1ccccc1-c1[nH]nc(C(F)(F)F)c1Cl. The molecular weight excluding hydrogens is 260 g/mol. The van der Waals surface area contributed by atoms with E-state index in [9.17, 15) is 17.6 Å². The third kappa shape index (κ3) is 2.12. The van der Waals surface area contributed by atoms with Crippen molar-refractivity contribution in [3.05, 3.63) is 40.8 Å². The molecule has 1 heterocycles. The summed E-state index contributed by atoms with van der Waals surface area (Å²) in [7, 11) is 0.